The lowest BCUT2D eigenvalue weighted by atomic mass is 10.6. The van der Waals surface area contributed by atoms with Gasteiger partial charge < -0.3 is 9.47 Å². The molecule has 0 radical (unpaired) electrons. The van der Waals surface area contributed by atoms with Crippen LogP contribution < -0.4 is 19.5 Å². The largest absolute Gasteiger partial charge is 0.481 e. The van der Waals surface area contributed by atoms with E-state index in [1.165, 1.54) is 38.6 Å². The Kier molecular flexibility index (Phi) is 6.74. The van der Waals surface area contributed by atoms with E-state index in [9.17, 15) is 13.2 Å². The average molecular weight is 379 g/mol. The number of amides is 2. The third kappa shape index (κ3) is 6.55. The molecule has 1 rings (SSSR count). The van der Waals surface area contributed by atoms with E-state index in [2.05, 4.69) is 19.7 Å². The van der Waals surface area contributed by atoms with E-state index in [-0.39, 0.29) is 21.6 Å². The zero-order valence-electron chi connectivity index (χ0n) is 13.8. The number of anilines is 1. The maximum atomic E-state index is 11.8. The molecule has 13 heteroatoms. The molecule has 1 aromatic heterocycles. The summed E-state index contributed by atoms with van der Waals surface area (Å²) < 4.78 is 38.6. The highest BCUT2D eigenvalue weighted by atomic mass is 32.2. The Bertz CT molecular complexity index is 699. The van der Waals surface area contributed by atoms with Crippen LogP contribution >= 0.6 is 11.9 Å². The van der Waals surface area contributed by atoms with Crippen LogP contribution in [0.4, 0.5) is 10.7 Å². The summed E-state index contributed by atoms with van der Waals surface area (Å²) in [7, 11) is 1.97. The highest BCUT2D eigenvalue weighted by Crippen LogP contribution is 2.17. The van der Waals surface area contributed by atoms with Crippen LogP contribution in [0.1, 0.15) is 0 Å². The van der Waals surface area contributed by atoms with Crippen molar-refractivity contribution in [2.75, 3.05) is 39.9 Å². The van der Waals surface area contributed by atoms with Crippen molar-refractivity contribution in [2.45, 2.75) is 0 Å². The smallest absolute Gasteiger partial charge is 0.350 e. The molecular weight excluding hydrogens is 360 g/mol. The van der Waals surface area contributed by atoms with Crippen molar-refractivity contribution in [1.82, 2.24) is 14.7 Å². The van der Waals surface area contributed by atoms with E-state index in [0.29, 0.717) is 0 Å². The van der Waals surface area contributed by atoms with Crippen LogP contribution in [0.2, 0.25) is 0 Å². The number of methoxy groups -OCH3 is 2. The molecule has 2 amide bonds. The number of quaternary nitrogens is 1. The predicted molar refractivity (Wildman–Crippen MR) is 90.3 cm³/mol. The maximum Gasteiger partial charge on any atom is 0.350 e. The number of nitrogens with zero attached hydrogens (tertiary/aromatic N) is 4. The summed E-state index contributed by atoms with van der Waals surface area (Å²) in [5.41, 5.74) is 0. The minimum Gasteiger partial charge on any atom is -0.481 e. The molecular formula is C11H19N6O5S2+. The fraction of sp³-hybridized carbons (Fsp3) is 0.455. The molecule has 1 aromatic rings. The van der Waals surface area contributed by atoms with Gasteiger partial charge in [-0.2, -0.15) is 18.4 Å². The Morgan fingerprint density at radius 1 is 1.29 bits per heavy atom. The van der Waals surface area contributed by atoms with Gasteiger partial charge in [0.25, 0.3) is 0 Å². The third-order valence-electron chi connectivity index (χ3n) is 2.48. The van der Waals surface area contributed by atoms with Crippen molar-refractivity contribution in [3.05, 3.63) is 6.07 Å². The van der Waals surface area contributed by atoms with E-state index < -0.39 is 16.2 Å². The number of rotatable bonds is 7. The van der Waals surface area contributed by atoms with Crippen molar-refractivity contribution in [2.24, 2.45) is 4.40 Å². The van der Waals surface area contributed by atoms with Crippen LogP contribution in [0, 0.1) is 0 Å². The van der Waals surface area contributed by atoms with Crippen LogP contribution in [0.15, 0.2) is 10.5 Å². The molecule has 11 nitrogen and oxygen atoms in total. The Morgan fingerprint density at radius 2 is 1.83 bits per heavy atom. The molecule has 0 unspecified atom stereocenters. The van der Waals surface area contributed by atoms with Crippen LogP contribution in [0.5, 0.6) is 11.8 Å². The minimum absolute atomic E-state index is 0.136. The Hall–Kier alpha value is -2.12. The predicted octanol–water partition coefficient (Wildman–Crippen LogP) is 0.243. The van der Waals surface area contributed by atoms with Crippen molar-refractivity contribution >= 4 is 40.5 Å². The molecule has 0 fully saturated rings. The summed E-state index contributed by atoms with van der Waals surface area (Å²) in [5, 5.41) is 2.16. The number of aromatic nitrogens is 2. The minimum atomic E-state index is -4.22. The standard InChI is InChI=1S/C11H18N6O5S2/c1-17(2,23-5)7-12-24(19,20)16-11(18)15-10-13-8(21-3)6-9(14-10)22-4/h6-7H,1-5H3,(H-,13,14,15,16,18)/p+1. The summed E-state index contributed by atoms with van der Waals surface area (Å²) in [4.78, 5) is 19.5. The molecule has 0 saturated heterocycles. The Labute approximate surface area is 144 Å². The van der Waals surface area contributed by atoms with Gasteiger partial charge in [-0.15, -0.1) is 0 Å². The van der Waals surface area contributed by atoms with Gasteiger partial charge in [0, 0.05) is 6.26 Å². The molecule has 0 aliphatic heterocycles. The second-order valence-corrected chi connectivity index (χ2v) is 7.32. The molecule has 1 heterocycles. The lowest BCUT2D eigenvalue weighted by Gasteiger charge is -2.17. The van der Waals surface area contributed by atoms with Gasteiger partial charge in [-0.25, -0.2) is 13.4 Å². The van der Waals surface area contributed by atoms with Gasteiger partial charge in [0.1, 0.15) is 0 Å². The van der Waals surface area contributed by atoms with E-state index in [0.717, 1.165) is 0 Å². The topological polar surface area (TPSA) is 132 Å². The lowest BCUT2D eigenvalue weighted by Crippen LogP contribution is -2.35. The van der Waals surface area contributed by atoms with Gasteiger partial charge >= 0.3 is 16.2 Å². The van der Waals surface area contributed by atoms with Crippen LogP contribution in [-0.4, -0.2) is 69.2 Å². The molecule has 0 atom stereocenters. The maximum absolute atomic E-state index is 11.8. The summed E-state index contributed by atoms with van der Waals surface area (Å²) in [5.74, 6) is 0.0807. The summed E-state index contributed by atoms with van der Waals surface area (Å²) >= 11 is 1.35. The van der Waals surface area contributed by atoms with Gasteiger partial charge in [0.2, 0.25) is 24.0 Å². The first-order valence-electron chi connectivity index (χ1n) is 6.37. The van der Waals surface area contributed by atoms with E-state index in [1.807, 2.05) is 0 Å². The van der Waals surface area contributed by atoms with Gasteiger partial charge in [-0.05, 0) is 0 Å². The van der Waals surface area contributed by atoms with E-state index >= 15 is 0 Å². The average Bonchev–Trinajstić information content (AvgIpc) is 2.52. The van der Waals surface area contributed by atoms with Crippen molar-refractivity contribution in [1.29, 1.82) is 0 Å². The molecule has 0 aliphatic carbocycles. The molecule has 0 bridgehead atoms. The first-order chi connectivity index (χ1) is 11.1. The number of carbonyl (C=O) groups is 1. The van der Waals surface area contributed by atoms with Gasteiger partial charge in [-0.1, -0.05) is 4.40 Å². The Morgan fingerprint density at radius 3 is 2.29 bits per heavy atom. The number of carbonyl (C=O) groups excluding carboxylic acids is 1. The zero-order valence-corrected chi connectivity index (χ0v) is 15.4. The number of hydrogen-bond acceptors (Lipinski definition) is 8. The highest BCUT2D eigenvalue weighted by molar-refractivity contribution is 7.93. The highest BCUT2D eigenvalue weighted by Gasteiger charge is 2.18. The number of hydrogen-bond donors (Lipinski definition) is 2. The molecule has 0 saturated carbocycles. The summed E-state index contributed by atoms with van der Waals surface area (Å²) in [6, 6.07) is 0.323. The van der Waals surface area contributed by atoms with Crippen LogP contribution in [-0.2, 0) is 10.2 Å². The number of nitrogens with one attached hydrogen (secondary N) is 2. The summed E-state index contributed by atoms with van der Waals surface area (Å²) in [6.07, 6.45) is 2.96. The molecule has 134 valence electrons. The molecule has 24 heavy (non-hydrogen) atoms. The SMILES string of the molecule is COc1cc(OC)nc(NC(=O)NS(=O)(=O)N=C[N+](C)(C)SC)n1. The summed E-state index contributed by atoms with van der Waals surface area (Å²) in [6.45, 7) is 0. The number of urea groups is 1. The van der Waals surface area contributed by atoms with Crippen molar-refractivity contribution in [3.63, 3.8) is 0 Å². The second-order valence-electron chi connectivity index (χ2n) is 4.65. The molecule has 2 N–H and O–H groups in total. The quantitative estimate of drug-likeness (QED) is 0.298. The second kappa shape index (κ2) is 8.12. The van der Waals surface area contributed by atoms with Crippen molar-refractivity contribution in [3.8, 4) is 11.8 Å². The third-order valence-corrected chi connectivity index (χ3v) is 4.33. The first kappa shape index (κ1) is 19.9. The zero-order chi connectivity index (χ0) is 18.4. The lowest BCUT2D eigenvalue weighted by molar-refractivity contribution is -0.638. The molecule has 0 aliphatic rings. The normalized spacial score (nSPS) is 12.0. The van der Waals surface area contributed by atoms with Gasteiger partial charge in [0.05, 0.1) is 46.3 Å². The van der Waals surface area contributed by atoms with Crippen LogP contribution in [0.3, 0.4) is 0 Å². The fourth-order valence-corrected chi connectivity index (χ4v) is 2.06. The first-order valence-corrected chi connectivity index (χ1v) is 8.99. The fourth-order valence-electron chi connectivity index (χ4n) is 1.16. The monoisotopic (exact) mass is 379 g/mol. The van der Waals surface area contributed by atoms with Crippen molar-refractivity contribution < 1.29 is 26.6 Å². The van der Waals surface area contributed by atoms with Crippen LogP contribution in [0.25, 0.3) is 0 Å². The number of ether oxygens (including phenoxy) is 2. The molecule has 0 spiro atoms. The van der Waals surface area contributed by atoms with E-state index in [1.54, 1.807) is 25.1 Å². The molecule has 0 aromatic carbocycles. The van der Waals surface area contributed by atoms with Gasteiger partial charge in [0.15, 0.2) is 0 Å². The van der Waals surface area contributed by atoms with Gasteiger partial charge in [-0.3, -0.25) is 5.32 Å². The Balaban J connectivity index is 2.82. The van der Waals surface area contributed by atoms with E-state index in [4.69, 9.17) is 9.47 Å².